The molecule has 1 saturated carbocycles. The van der Waals surface area contributed by atoms with Crippen LogP contribution >= 0.6 is 15.9 Å². The molecular weight excluding hydrogens is 380 g/mol. The summed E-state index contributed by atoms with van der Waals surface area (Å²) in [5.41, 5.74) is 1.77. The summed E-state index contributed by atoms with van der Waals surface area (Å²) in [6, 6.07) is 15.6. The van der Waals surface area contributed by atoms with Crippen LogP contribution < -0.4 is 5.32 Å². The summed E-state index contributed by atoms with van der Waals surface area (Å²) < 4.78 is 0.856. The van der Waals surface area contributed by atoms with E-state index in [0.717, 1.165) is 40.4 Å². The van der Waals surface area contributed by atoms with Gasteiger partial charge >= 0.3 is 5.97 Å². The molecular formula is C20H17BrN2O2. The number of hydrogen-bond acceptors (Lipinski definition) is 3. The van der Waals surface area contributed by atoms with Crippen molar-refractivity contribution in [2.75, 3.05) is 11.9 Å². The molecule has 5 heteroatoms. The minimum absolute atomic E-state index is 0.159. The zero-order valence-electron chi connectivity index (χ0n) is 13.5. The Kier molecular flexibility index (Phi) is 3.96. The normalized spacial score (nSPS) is 15.1. The van der Waals surface area contributed by atoms with Crippen LogP contribution in [-0.4, -0.2) is 22.6 Å². The van der Waals surface area contributed by atoms with Crippen LogP contribution in [-0.2, 0) is 5.41 Å². The molecule has 1 aromatic heterocycles. The Hall–Kier alpha value is -2.40. The number of halogens is 1. The number of nitrogens with one attached hydrogen (secondary N) is 1. The van der Waals surface area contributed by atoms with Gasteiger partial charge < -0.3 is 10.4 Å². The minimum atomic E-state index is -0.934. The van der Waals surface area contributed by atoms with Crippen molar-refractivity contribution in [3.05, 3.63) is 70.3 Å². The van der Waals surface area contributed by atoms with Crippen LogP contribution in [0.3, 0.4) is 0 Å². The van der Waals surface area contributed by atoms with E-state index < -0.39 is 5.97 Å². The number of carbonyl (C=O) groups is 1. The molecule has 1 fully saturated rings. The van der Waals surface area contributed by atoms with E-state index in [-0.39, 0.29) is 11.0 Å². The molecule has 1 heterocycles. The number of aromatic nitrogens is 1. The highest BCUT2D eigenvalue weighted by Gasteiger charge is 2.43. The first-order valence-corrected chi connectivity index (χ1v) is 8.99. The van der Waals surface area contributed by atoms with Crippen LogP contribution in [0.25, 0.3) is 10.8 Å². The maximum Gasteiger partial charge on any atom is 0.335 e. The zero-order chi connectivity index (χ0) is 17.4. The average Bonchev–Trinajstić information content (AvgIpc) is 3.43. The van der Waals surface area contributed by atoms with Crippen molar-refractivity contribution in [2.24, 2.45) is 0 Å². The maximum atomic E-state index is 11.3. The zero-order valence-corrected chi connectivity index (χ0v) is 15.1. The minimum Gasteiger partial charge on any atom is -0.478 e. The van der Waals surface area contributed by atoms with Crippen molar-refractivity contribution in [2.45, 2.75) is 18.3 Å². The third-order valence-corrected chi connectivity index (χ3v) is 5.55. The molecule has 0 bridgehead atoms. The molecule has 126 valence electrons. The van der Waals surface area contributed by atoms with E-state index in [1.165, 1.54) is 5.56 Å². The molecule has 4 nitrogen and oxygen atoms in total. The van der Waals surface area contributed by atoms with Crippen molar-refractivity contribution in [3.63, 3.8) is 0 Å². The smallest absolute Gasteiger partial charge is 0.335 e. The standard InChI is InChI=1S/C20H17BrN2O2/c21-17-11-22-18(16-10-13(19(24)25)6-7-15(16)17)23-12-20(8-9-20)14-4-2-1-3-5-14/h1-7,10-11H,8-9,12H2,(H,22,23)(H,24,25). The largest absolute Gasteiger partial charge is 0.478 e. The van der Waals surface area contributed by atoms with E-state index in [1.807, 2.05) is 12.1 Å². The van der Waals surface area contributed by atoms with Gasteiger partial charge in [0, 0.05) is 33.4 Å². The topological polar surface area (TPSA) is 62.2 Å². The number of rotatable bonds is 5. The second-order valence-corrected chi connectivity index (χ2v) is 7.37. The van der Waals surface area contributed by atoms with Gasteiger partial charge in [0.2, 0.25) is 0 Å². The van der Waals surface area contributed by atoms with E-state index in [9.17, 15) is 9.90 Å². The first-order valence-electron chi connectivity index (χ1n) is 8.20. The van der Waals surface area contributed by atoms with E-state index in [1.54, 1.807) is 18.3 Å². The van der Waals surface area contributed by atoms with Crippen molar-refractivity contribution in [1.82, 2.24) is 4.98 Å². The second kappa shape index (κ2) is 6.15. The lowest BCUT2D eigenvalue weighted by Crippen LogP contribution is -2.20. The lowest BCUT2D eigenvalue weighted by atomic mass is 9.96. The van der Waals surface area contributed by atoms with E-state index >= 15 is 0 Å². The number of hydrogen-bond donors (Lipinski definition) is 2. The number of nitrogens with zero attached hydrogens (tertiary/aromatic N) is 1. The van der Waals surface area contributed by atoms with Crippen molar-refractivity contribution >= 4 is 38.5 Å². The van der Waals surface area contributed by atoms with Crippen LogP contribution in [0.2, 0.25) is 0 Å². The number of carboxylic acid groups (broad SMARTS) is 1. The highest BCUT2D eigenvalue weighted by atomic mass is 79.9. The van der Waals surface area contributed by atoms with Gasteiger partial charge in [0.15, 0.2) is 0 Å². The number of pyridine rings is 1. The predicted molar refractivity (Wildman–Crippen MR) is 102 cm³/mol. The molecule has 0 aliphatic heterocycles. The van der Waals surface area contributed by atoms with Crippen LogP contribution in [0.1, 0.15) is 28.8 Å². The molecule has 2 aromatic carbocycles. The van der Waals surface area contributed by atoms with Gasteiger partial charge in [0.1, 0.15) is 5.82 Å². The van der Waals surface area contributed by atoms with Crippen LogP contribution in [0.4, 0.5) is 5.82 Å². The van der Waals surface area contributed by atoms with Gasteiger partial charge in [-0.3, -0.25) is 0 Å². The second-order valence-electron chi connectivity index (χ2n) is 6.52. The molecule has 0 amide bonds. The molecule has 3 aromatic rings. The Morgan fingerprint density at radius 1 is 1.16 bits per heavy atom. The van der Waals surface area contributed by atoms with Gasteiger partial charge in [-0.2, -0.15) is 0 Å². The fourth-order valence-electron chi connectivity index (χ4n) is 3.25. The molecule has 2 N–H and O–H groups in total. The highest BCUT2D eigenvalue weighted by Crippen LogP contribution is 2.48. The Bertz CT molecular complexity index is 953. The van der Waals surface area contributed by atoms with E-state index in [4.69, 9.17) is 0 Å². The molecule has 25 heavy (non-hydrogen) atoms. The van der Waals surface area contributed by atoms with Gasteiger partial charge in [-0.05, 0) is 46.5 Å². The molecule has 0 radical (unpaired) electrons. The molecule has 1 aliphatic rings. The summed E-state index contributed by atoms with van der Waals surface area (Å²) in [5.74, 6) is -0.209. The molecule has 0 saturated heterocycles. The Morgan fingerprint density at radius 2 is 1.92 bits per heavy atom. The first kappa shape index (κ1) is 16.1. The lowest BCUT2D eigenvalue weighted by Gasteiger charge is -2.18. The maximum absolute atomic E-state index is 11.3. The molecule has 1 aliphatic carbocycles. The monoisotopic (exact) mass is 396 g/mol. The number of anilines is 1. The van der Waals surface area contributed by atoms with Crippen LogP contribution in [0.15, 0.2) is 59.2 Å². The van der Waals surface area contributed by atoms with Crippen molar-refractivity contribution in [3.8, 4) is 0 Å². The van der Waals surface area contributed by atoms with Gasteiger partial charge in [-0.1, -0.05) is 36.4 Å². The SMILES string of the molecule is O=C(O)c1ccc2c(Br)cnc(NCC3(c4ccccc4)CC3)c2c1. The van der Waals surface area contributed by atoms with E-state index in [0.29, 0.717) is 0 Å². The third kappa shape index (κ3) is 3.00. The summed E-state index contributed by atoms with van der Waals surface area (Å²) in [5, 5.41) is 14.5. The summed E-state index contributed by atoms with van der Waals surface area (Å²) in [6.45, 7) is 0.790. The van der Waals surface area contributed by atoms with Crippen LogP contribution in [0.5, 0.6) is 0 Å². The average molecular weight is 397 g/mol. The molecule has 0 atom stereocenters. The fourth-order valence-corrected chi connectivity index (χ4v) is 3.69. The summed E-state index contributed by atoms with van der Waals surface area (Å²) >= 11 is 3.49. The number of benzene rings is 2. The molecule has 0 spiro atoms. The summed E-state index contributed by atoms with van der Waals surface area (Å²) in [6.07, 6.45) is 4.06. The quantitative estimate of drug-likeness (QED) is 0.647. The van der Waals surface area contributed by atoms with Gasteiger partial charge in [0.05, 0.1) is 5.56 Å². The number of fused-ring (bicyclic) bond motifs is 1. The van der Waals surface area contributed by atoms with Gasteiger partial charge in [-0.15, -0.1) is 0 Å². The van der Waals surface area contributed by atoms with Gasteiger partial charge in [0.25, 0.3) is 0 Å². The Labute approximate surface area is 154 Å². The Morgan fingerprint density at radius 3 is 2.60 bits per heavy atom. The first-order chi connectivity index (χ1) is 12.1. The summed E-state index contributed by atoms with van der Waals surface area (Å²) in [4.78, 5) is 15.8. The Balaban J connectivity index is 1.67. The predicted octanol–water partition coefficient (Wildman–Crippen LogP) is 4.84. The van der Waals surface area contributed by atoms with E-state index in [2.05, 4.69) is 50.5 Å². The van der Waals surface area contributed by atoms with Gasteiger partial charge in [-0.25, -0.2) is 9.78 Å². The number of aromatic carboxylic acids is 1. The molecule has 4 rings (SSSR count). The highest BCUT2D eigenvalue weighted by molar-refractivity contribution is 9.10. The van der Waals surface area contributed by atoms with Crippen molar-refractivity contribution < 1.29 is 9.90 Å². The fraction of sp³-hybridized carbons (Fsp3) is 0.200. The summed E-state index contributed by atoms with van der Waals surface area (Å²) in [7, 11) is 0. The lowest BCUT2D eigenvalue weighted by molar-refractivity contribution is 0.0697. The number of carboxylic acids is 1. The van der Waals surface area contributed by atoms with Crippen LogP contribution in [0, 0.1) is 0 Å². The molecule has 0 unspecified atom stereocenters. The third-order valence-electron chi connectivity index (χ3n) is 4.92. The van der Waals surface area contributed by atoms with Crippen molar-refractivity contribution in [1.29, 1.82) is 0 Å².